The number of hydrogen-bond donors (Lipinski definition) is 0. The smallest absolute Gasteiger partial charge is 0.227 e. The predicted molar refractivity (Wildman–Crippen MR) is 58.8 cm³/mol. The van der Waals surface area contributed by atoms with Crippen molar-refractivity contribution < 1.29 is 4.79 Å². The van der Waals surface area contributed by atoms with E-state index in [1.165, 1.54) is 0 Å². The molecule has 0 spiro atoms. The van der Waals surface area contributed by atoms with Crippen LogP contribution in [0.3, 0.4) is 0 Å². The summed E-state index contributed by atoms with van der Waals surface area (Å²) in [7, 11) is 0. The molecule has 0 amide bonds. The van der Waals surface area contributed by atoms with Gasteiger partial charge in [0.05, 0.1) is 11.7 Å². The number of nitrogens with zero attached hydrogens (tertiary/aromatic N) is 2. The van der Waals surface area contributed by atoms with Gasteiger partial charge in [-0.15, -0.1) is 0 Å². The largest absolute Gasteiger partial charge is 0.286 e. The Hall–Kier alpha value is -0.910. The van der Waals surface area contributed by atoms with Crippen molar-refractivity contribution in [1.82, 2.24) is 9.55 Å². The Kier molecular flexibility index (Phi) is 2.07. The Balaban J connectivity index is 2.83. The van der Waals surface area contributed by atoms with Gasteiger partial charge in [-0.25, -0.2) is 0 Å². The predicted octanol–water partition coefficient (Wildman–Crippen LogP) is 2.30. The molecule has 3 nitrogen and oxygen atoms in total. The van der Waals surface area contributed by atoms with Crippen LogP contribution in [0.5, 0.6) is 0 Å². The van der Waals surface area contributed by atoms with Crippen LogP contribution in [0.1, 0.15) is 11.7 Å². The van der Waals surface area contributed by atoms with E-state index in [-0.39, 0.29) is 5.91 Å². The van der Waals surface area contributed by atoms with Gasteiger partial charge in [-0.3, -0.25) is 14.3 Å². The number of carbonyl (C=O) groups excluding carboxylic acids is 1. The Morgan fingerprint density at radius 2 is 2.31 bits per heavy atom. The lowest BCUT2D eigenvalue weighted by molar-refractivity contribution is 0.0941. The van der Waals surface area contributed by atoms with Crippen molar-refractivity contribution in [3.8, 4) is 0 Å². The van der Waals surface area contributed by atoms with Gasteiger partial charge in [0.25, 0.3) is 0 Å². The third kappa shape index (κ3) is 1.35. The number of hydrogen-bond acceptors (Lipinski definition) is 2. The average molecular weight is 286 g/mol. The second-order valence-electron chi connectivity index (χ2n) is 2.76. The van der Waals surface area contributed by atoms with Gasteiger partial charge in [0.1, 0.15) is 0 Å². The standard InChI is InChI=1S/C9H7IN2O/c1-6(13)12-3-2-7-8(10)4-11-5-9(7)12/h2-5H,1H3. The van der Waals surface area contributed by atoms with E-state index in [4.69, 9.17) is 0 Å². The molecule has 0 atom stereocenters. The molecule has 2 aromatic heterocycles. The lowest BCUT2D eigenvalue weighted by Crippen LogP contribution is -2.03. The molecule has 0 radical (unpaired) electrons. The number of fused-ring (bicyclic) bond motifs is 1. The Morgan fingerprint density at radius 3 is 3.00 bits per heavy atom. The zero-order chi connectivity index (χ0) is 9.42. The molecule has 0 unspecified atom stereocenters. The Labute approximate surface area is 88.9 Å². The maximum atomic E-state index is 11.2. The number of carbonyl (C=O) groups is 1. The first-order valence-electron chi connectivity index (χ1n) is 3.81. The summed E-state index contributed by atoms with van der Waals surface area (Å²) in [5.41, 5.74) is 0.874. The monoisotopic (exact) mass is 286 g/mol. The number of halogens is 1. The number of rotatable bonds is 0. The zero-order valence-electron chi connectivity index (χ0n) is 6.99. The SMILES string of the molecule is CC(=O)n1ccc2c(I)cncc21. The molecule has 0 aliphatic rings. The molecule has 2 aromatic rings. The molecular formula is C9H7IN2O. The summed E-state index contributed by atoms with van der Waals surface area (Å²) in [6.07, 6.45) is 5.27. The van der Waals surface area contributed by atoms with Crippen LogP contribution < -0.4 is 0 Å². The molecule has 2 heterocycles. The van der Waals surface area contributed by atoms with E-state index >= 15 is 0 Å². The van der Waals surface area contributed by atoms with E-state index < -0.39 is 0 Å². The lowest BCUT2D eigenvalue weighted by Gasteiger charge is -1.98. The van der Waals surface area contributed by atoms with Gasteiger partial charge in [-0.2, -0.15) is 0 Å². The lowest BCUT2D eigenvalue weighted by atomic mass is 10.3. The molecule has 66 valence electrons. The van der Waals surface area contributed by atoms with Crippen LogP contribution in [0.4, 0.5) is 0 Å². The van der Waals surface area contributed by atoms with Crippen LogP contribution in [-0.2, 0) is 0 Å². The molecule has 0 saturated carbocycles. The minimum atomic E-state index is 0.0128. The van der Waals surface area contributed by atoms with Crippen LogP contribution in [0, 0.1) is 3.57 Å². The maximum absolute atomic E-state index is 11.2. The summed E-state index contributed by atoms with van der Waals surface area (Å²) < 4.78 is 2.67. The van der Waals surface area contributed by atoms with Crippen molar-refractivity contribution in [2.24, 2.45) is 0 Å². The third-order valence-electron chi connectivity index (χ3n) is 1.91. The third-order valence-corrected chi connectivity index (χ3v) is 2.77. The van der Waals surface area contributed by atoms with Crippen molar-refractivity contribution >= 4 is 39.4 Å². The highest BCUT2D eigenvalue weighted by molar-refractivity contribution is 14.1. The van der Waals surface area contributed by atoms with Gasteiger partial charge >= 0.3 is 0 Å². The van der Waals surface area contributed by atoms with Gasteiger partial charge < -0.3 is 0 Å². The quantitative estimate of drug-likeness (QED) is 0.696. The van der Waals surface area contributed by atoms with Gasteiger partial charge in [0.15, 0.2) is 0 Å². The zero-order valence-corrected chi connectivity index (χ0v) is 9.15. The highest BCUT2D eigenvalue weighted by Gasteiger charge is 2.06. The Morgan fingerprint density at radius 1 is 1.54 bits per heavy atom. The fourth-order valence-electron chi connectivity index (χ4n) is 1.30. The van der Waals surface area contributed by atoms with Crippen LogP contribution in [0.2, 0.25) is 0 Å². The number of pyridine rings is 1. The van der Waals surface area contributed by atoms with E-state index in [0.29, 0.717) is 0 Å². The van der Waals surface area contributed by atoms with E-state index in [1.807, 2.05) is 6.07 Å². The molecule has 13 heavy (non-hydrogen) atoms. The van der Waals surface area contributed by atoms with Crippen molar-refractivity contribution in [2.75, 3.05) is 0 Å². The number of aromatic nitrogens is 2. The van der Waals surface area contributed by atoms with Crippen molar-refractivity contribution in [1.29, 1.82) is 0 Å². The topological polar surface area (TPSA) is 34.9 Å². The minimum absolute atomic E-state index is 0.0128. The van der Waals surface area contributed by atoms with Crippen molar-refractivity contribution in [2.45, 2.75) is 6.92 Å². The molecular weight excluding hydrogens is 279 g/mol. The summed E-state index contributed by atoms with van der Waals surface area (Å²) in [4.78, 5) is 15.2. The van der Waals surface area contributed by atoms with Crippen LogP contribution in [0.15, 0.2) is 24.7 Å². The molecule has 0 saturated heterocycles. The molecule has 2 rings (SSSR count). The molecule has 0 aliphatic heterocycles. The molecule has 0 aliphatic carbocycles. The molecule has 0 N–H and O–H groups in total. The highest BCUT2D eigenvalue weighted by Crippen LogP contribution is 2.19. The van der Waals surface area contributed by atoms with Crippen molar-refractivity contribution in [3.63, 3.8) is 0 Å². The first-order chi connectivity index (χ1) is 6.20. The van der Waals surface area contributed by atoms with Gasteiger partial charge in [-0.1, -0.05) is 0 Å². The van der Waals surface area contributed by atoms with E-state index in [1.54, 1.807) is 30.1 Å². The molecule has 0 fully saturated rings. The Bertz CT molecular complexity index is 475. The first-order valence-corrected chi connectivity index (χ1v) is 4.89. The fraction of sp³-hybridized carbons (Fsp3) is 0.111. The summed E-state index contributed by atoms with van der Waals surface area (Å²) >= 11 is 2.21. The van der Waals surface area contributed by atoms with Gasteiger partial charge in [0.2, 0.25) is 5.91 Å². The molecule has 4 heteroatoms. The second-order valence-corrected chi connectivity index (χ2v) is 3.92. The van der Waals surface area contributed by atoms with E-state index in [2.05, 4.69) is 27.6 Å². The average Bonchev–Trinajstić information content (AvgIpc) is 2.48. The second kappa shape index (κ2) is 3.10. The van der Waals surface area contributed by atoms with E-state index in [0.717, 1.165) is 14.5 Å². The summed E-state index contributed by atoms with van der Waals surface area (Å²) in [6.45, 7) is 1.54. The van der Waals surface area contributed by atoms with Crippen molar-refractivity contribution in [3.05, 3.63) is 28.2 Å². The van der Waals surface area contributed by atoms with Crippen LogP contribution in [-0.4, -0.2) is 15.5 Å². The van der Waals surface area contributed by atoms with Gasteiger partial charge in [0, 0.05) is 28.3 Å². The normalized spacial score (nSPS) is 10.6. The molecule has 0 bridgehead atoms. The maximum Gasteiger partial charge on any atom is 0.227 e. The summed E-state index contributed by atoms with van der Waals surface area (Å²) in [6, 6.07) is 1.93. The van der Waals surface area contributed by atoms with Gasteiger partial charge in [-0.05, 0) is 28.7 Å². The van der Waals surface area contributed by atoms with Crippen LogP contribution in [0.25, 0.3) is 10.9 Å². The van der Waals surface area contributed by atoms with Crippen LogP contribution >= 0.6 is 22.6 Å². The minimum Gasteiger partial charge on any atom is -0.286 e. The molecule has 0 aromatic carbocycles. The summed E-state index contributed by atoms with van der Waals surface area (Å²) in [5.74, 6) is 0.0128. The highest BCUT2D eigenvalue weighted by atomic mass is 127. The summed E-state index contributed by atoms with van der Waals surface area (Å²) in [5, 5.41) is 1.07. The fourth-order valence-corrected chi connectivity index (χ4v) is 1.91. The first kappa shape index (κ1) is 8.68. The van der Waals surface area contributed by atoms with E-state index in [9.17, 15) is 4.79 Å².